The lowest BCUT2D eigenvalue weighted by molar-refractivity contribution is 0.0963. The Morgan fingerprint density at radius 3 is 2.67 bits per heavy atom. The second-order valence-corrected chi connectivity index (χ2v) is 10.9. The number of carbonyl (C=O) groups is 1. The number of amides is 1. The van der Waals surface area contributed by atoms with Crippen LogP contribution in [-0.2, 0) is 13.1 Å². The number of hydrogen-bond donors (Lipinski definition) is 1. The zero-order chi connectivity index (χ0) is 25.4. The Kier molecular flexibility index (Phi) is 7.18. The van der Waals surface area contributed by atoms with E-state index in [2.05, 4.69) is 65.0 Å². The molecule has 0 spiro atoms. The number of benzene rings is 2. The summed E-state index contributed by atoms with van der Waals surface area (Å²) in [5.74, 6) is -0.203. The van der Waals surface area contributed by atoms with Crippen LogP contribution in [0.1, 0.15) is 58.6 Å². The molecule has 5 rings (SSSR count). The van der Waals surface area contributed by atoms with Gasteiger partial charge in [0.1, 0.15) is 6.17 Å². The Bertz CT molecular complexity index is 1260. The minimum atomic E-state index is -0.830. The van der Waals surface area contributed by atoms with Gasteiger partial charge in [0.2, 0.25) is 0 Å². The van der Waals surface area contributed by atoms with E-state index in [0.29, 0.717) is 12.0 Å². The van der Waals surface area contributed by atoms with Crippen molar-refractivity contribution in [3.8, 4) is 11.3 Å². The molecule has 0 saturated heterocycles. The largest absolute Gasteiger partial charge is 0.355 e. The molecular weight excluding hydrogens is 451 g/mol. The zero-order valence-corrected chi connectivity index (χ0v) is 22.1. The van der Waals surface area contributed by atoms with E-state index >= 15 is 4.39 Å². The number of nitrogens with zero attached hydrogens (tertiary/aromatic N) is 3. The number of alkyl halides is 1. The van der Waals surface area contributed by atoms with Crippen molar-refractivity contribution in [1.82, 2.24) is 19.7 Å². The van der Waals surface area contributed by atoms with Crippen LogP contribution in [0.15, 0.2) is 36.4 Å². The summed E-state index contributed by atoms with van der Waals surface area (Å²) in [5, 5.41) is 3.86. The Morgan fingerprint density at radius 1 is 1.11 bits per heavy atom. The molecule has 2 aliphatic rings. The Balaban J connectivity index is 1.75. The van der Waals surface area contributed by atoms with Gasteiger partial charge in [0.05, 0.1) is 5.69 Å². The van der Waals surface area contributed by atoms with Crippen molar-refractivity contribution >= 4 is 16.8 Å². The van der Waals surface area contributed by atoms with E-state index in [-0.39, 0.29) is 11.8 Å². The quantitative estimate of drug-likeness (QED) is 0.524. The molecule has 6 heteroatoms. The van der Waals surface area contributed by atoms with Crippen molar-refractivity contribution < 1.29 is 9.18 Å². The minimum absolute atomic E-state index is 0.0930. The summed E-state index contributed by atoms with van der Waals surface area (Å²) in [7, 11) is 5.89. The van der Waals surface area contributed by atoms with Crippen LogP contribution in [0, 0.1) is 6.92 Å². The van der Waals surface area contributed by atoms with Gasteiger partial charge in [-0.05, 0) is 57.1 Å². The van der Waals surface area contributed by atoms with Crippen LogP contribution in [-0.4, -0.2) is 67.2 Å². The standard InChI is InChI=1S/C30H39FN4O/c1-20-9-11-23-22(17-20)19-34(14-13-33(3)4)15-16-35-27-18-21(30(36)32-2)10-12-25(27)28(29(23)35)24-7-5-6-8-26(24)31/h9-12,17-18,24,26H,5-8,13-16,19H2,1-4H3,(H,32,36)/t24-,26-/m1/s1. The fourth-order valence-electron chi connectivity index (χ4n) is 6.15. The number of fused-ring (bicyclic) bond motifs is 5. The van der Waals surface area contributed by atoms with Crippen molar-refractivity contribution in [2.24, 2.45) is 0 Å². The molecule has 2 aromatic carbocycles. The molecule has 1 saturated carbocycles. The molecule has 1 aliphatic heterocycles. The smallest absolute Gasteiger partial charge is 0.251 e. The van der Waals surface area contributed by atoms with Crippen molar-refractivity contribution in [2.75, 3.05) is 40.8 Å². The van der Waals surface area contributed by atoms with Gasteiger partial charge in [-0.1, -0.05) is 42.7 Å². The number of rotatable bonds is 5. The van der Waals surface area contributed by atoms with Gasteiger partial charge in [-0.3, -0.25) is 9.69 Å². The monoisotopic (exact) mass is 490 g/mol. The normalized spacial score (nSPS) is 20.6. The summed E-state index contributed by atoms with van der Waals surface area (Å²) in [6, 6.07) is 12.7. The molecule has 5 nitrogen and oxygen atoms in total. The maximum Gasteiger partial charge on any atom is 0.251 e. The molecule has 1 fully saturated rings. The molecule has 0 radical (unpaired) electrons. The lowest BCUT2D eigenvalue weighted by Gasteiger charge is -2.31. The van der Waals surface area contributed by atoms with Gasteiger partial charge in [-0.2, -0.15) is 0 Å². The van der Waals surface area contributed by atoms with E-state index in [0.717, 1.165) is 74.1 Å². The van der Waals surface area contributed by atoms with Crippen LogP contribution in [0.3, 0.4) is 0 Å². The van der Waals surface area contributed by atoms with E-state index in [9.17, 15) is 4.79 Å². The summed E-state index contributed by atoms with van der Waals surface area (Å²) in [6.45, 7) is 6.74. The first-order valence-electron chi connectivity index (χ1n) is 13.4. The Morgan fingerprint density at radius 2 is 1.92 bits per heavy atom. The van der Waals surface area contributed by atoms with Crippen LogP contribution in [0.2, 0.25) is 0 Å². The zero-order valence-electron chi connectivity index (χ0n) is 22.1. The average Bonchev–Trinajstić information content (AvgIpc) is 3.16. The van der Waals surface area contributed by atoms with Crippen LogP contribution in [0.5, 0.6) is 0 Å². The van der Waals surface area contributed by atoms with Crippen LogP contribution in [0.4, 0.5) is 4.39 Å². The van der Waals surface area contributed by atoms with Gasteiger partial charge < -0.3 is 14.8 Å². The second-order valence-electron chi connectivity index (χ2n) is 10.9. The molecule has 0 unspecified atom stereocenters. The van der Waals surface area contributed by atoms with E-state index in [1.807, 2.05) is 12.1 Å². The van der Waals surface area contributed by atoms with Gasteiger partial charge in [-0.25, -0.2) is 4.39 Å². The highest BCUT2D eigenvalue weighted by atomic mass is 19.1. The Labute approximate surface area is 214 Å². The first kappa shape index (κ1) is 25.0. The number of aromatic nitrogens is 1. The predicted octanol–water partition coefficient (Wildman–Crippen LogP) is 5.35. The van der Waals surface area contributed by atoms with Gasteiger partial charge >= 0.3 is 0 Å². The van der Waals surface area contributed by atoms with Crippen LogP contribution < -0.4 is 5.32 Å². The molecular formula is C30H39FN4O. The molecule has 1 amide bonds. The van der Waals surface area contributed by atoms with Gasteiger partial charge in [0, 0.05) is 67.7 Å². The predicted molar refractivity (Wildman–Crippen MR) is 145 cm³/mol. The van der Waals surface area contributed by atoms with E-state index in [1.54, 1.807) is 7.05 Å². The third-order valence-electron chi connectivity index (χ3n) is 8.06. The number of nitrogens with one attached hydrogen (secondary N) is 1. The third-order valence-corrected chi connectivity index (χ3v) is 8.06. The van der Waals surface area contributed by atoms with E-state index in [1.165, 1.54) is 16.7 Å². The fraction of sp³-hybridized carbons (Fsp3) is 0.500. The summed E-state index contributed by atoms with van der Waals surface area (Å²) in [4.78, 5) is 17.3. The van der Waals surface area contributed by atoms with Crippen molar-refractivity contribution in [3.63, 3.8) is 0 Å². The lowest BCUT2D eigenvalue weighted by atomic mass is 9.80. The molecule has 3 aromatic rings. The number of aryl methyl sites for hydroxylation is 1. The van der Waals surface area contributed by atoms with Gasteiger partial charge in [0.25, 0.3) is 5.91 Å². The maximum atomic E-state index is 15.5. The summed E-state index contributed by atoms with van der Waals surface area (Å²) < 4.78 is 17.9. The number of carbonyl (C=O) groups excluding carboxylic acids is 1. The highest BCUT2D eigenvalue weighted by Gasteiger charge is 2.34. The minimum Gasteiger partial charge on any atom is -0.355 e. The maximum absolute atomic E-state index is 15.5. The SMILES string of the molecule is CNC(=O)c1ccc2c([C@@H]3CCCC[C@H]3F)c3n(c2c1)CCN(CCN(C)C)Cc1cc(C)ccc1-3. The highest BCUT2D eigenvalue weighted by molar-refractivity contribution is 6.01. The lowest BCUT2D eigenvalue weighted by Crippen LogP contribution is -2.35. The topological polar surface area (TPSA) is 40.5 Å². The van der Waals surface area contributed by atoms with Crippen molar-refractivity contribution in [3.05, 3.63) is 58.7 Å². The Hall–Kier alpha value is -2.70. The highest BCUT2D eigenvalue weighted by Crippen LogP contribution is 2.46. The van der Waals surface area contributed by atoms with Gasteiger partial charge in [-0.15, -0.1) is 0 Å². The van der Waals surface area contributed by atoms with Crippen LogP contribution >= 0.6 is 0 Å². The van der Waals surface area contributed by atoms with Gasteiger partial charge in [0.15, 0.2) is 0 Å². The average molecular weight is 491 g/mol. The molecule has 1 aromatic heterocycles. The number of halogens is 1. The molecule has 2 heterocycles. The number of hydrogen-bond acceptors (Lipinski definition) is 3. The van der Waals surface area contributed by atoms with Crippen molar-refractivity contribution in [2.45, 2.75) is 57.8 Å². The second kappa shape index (κ2) is 10.3. The van der Waals surface area contributed by atoms with Crippen molar-refractivity contribution in [1.29, 1.82) is 0 Å². The summed E-state index contributed by atoms with van der Waals surface area (Å²) in [6.07, 6.45) is 2.70. The van der Waals surface area contributed by atoms with Crippen LogP contribution in [0.25, 0.3) is 22.2 Å². The third kappa shape index (κ3) is 4.69. The summed E-state index contributed by atoms with van der Waals surface area (Å²) in [5.41, 5.74) is 7.75. The molecule has 36 heavy (non-hydrogen) atoms. The van der Waals surface area contributed by atoms with E-state index in [4.69, 9.17) is 0 Å². The molecule has 192 valence electrons. The molecule has 2 atom stereocenters. The first-order valence-corrected chi connectivity index (χ1v) is 13.4. The number of likely N-dealkylation sites (N-methyl/N-ethyl adjacent to an activating group) is 1. The van der Waals surface area contributed by atoms with E-state index < -0.39 is 6.17 Å². The molecule has 1 N–H and O–H groups in total. The molecule has 0 bridgehead atoms. The summed E-state index contributed by atoms with van der Waals surface area (Å²) >= 11 is 0. The first-order chi connectivity index (χ1) is 17.4. The molecule has 1 aliphatic carbocycles. The fourth-order valence-corrected chi connectivity index (χ4v) is 6.15.